The number of nitrogens with one attached hydrogen (secondary N) is 1. The van der Waals surface area contributed by atoms with Crippen molar-refractivity contribution >= 4 is 69.1 Å². The lowest BCUT2D eigenvalue weighted by molar-refractivity contribution is -0.150. The Morgan fingerprint density at radius 3 is 2.79 bits per heavy atom. The number of carbonyl (C=O) groups is 3. The molecule has 0 spiro atoms. The number of β-lactam (4-membered cyclic amide) rings is 1. The Balaban J connectivity index is 1.54. The number of carbonyl (C=O) groups excluding carboxylic acids is 2. The molecule has 2 aromatic heterocycles. The lowest BCUT2D eigenvalue weighted by Crippen LogP contribution is -2.71. The summed E-state index contributed by atoms with van der Waals surface area (Å²) in [6.07, 6.45) is 3.49. The maximum Gasteiger partial charge on any atom is 0.352 e. The Morgan fingerprint density at radius 1 is 1.39 bits per heavy atom. The van der Waals surface area contributed by atoms with Gasteiger partial charge in [0.15, 0.2) is 10.8 Å². The molecule has 0 radical (unpaired) electrons. The second-order valence-electron chi connectivity index (χ2n) is 6.87. The standard InChI is InChI=1S/C19H18N6O5S3/c1-8-11(33-7-21-8)4-3-9-5-31-17-13(16(27)25(17)14(9)18(28)29)23-15(26)12(24-30-2)10-6-32-19(20)22-10/h3-4,6-7,13,17H,5H2,1-2H3,(H2,20,22)(H,23,26)(H,28,29)/t13-,17?/m1/s1. The van der Waals surface area contributed by atoms with E-state index in [0.717, 1.165) is 21.9 Å². The van der Waals surface area contributed by atoms with Gasteiger partial charge in [0.05, 0.1) is 11.2 Å². The Hall–Kier alpha value is -3.23. The van der Waals surface area contributed by atoms with Crippen molar-refractivity contribution in [2.24, 2.45) is 5.16 Å². The number of oxime groups is 1. The van der Waals surface area contributed by atoms with Crippen LogP contribution < -0.4 is 11.1 Å². The molecule has 1 fully saturated rings. The number of aliphatic carboxylic acids is 1. The van der Waals surface area contributed by atoms with E-state index in [2.05, 4.69) is 20.4 Å². The highest BCUT2D eigenvalue weighted by Gasteiger charge is 2.54. The van der Waals surface area contributed by atoms with Crippen molar-refractivity contribution in [3.8, 4) is 0 Å². The monoisotopic (exact) mass is 506 g/mol. The second kappa shape index (κ2) is 9.33. The van der Waals surface area contributed by atoms with E-state index in [1.54, 1.807) is 23.0 Å². The fourth-order valence-electron chi connectivity index (χ4n) is 3.32. The zero-order valence-electron chi connectivity index (χ0n) is 17.3. The number of amides is 2. The summed E-state index contributed by atoms with van der Waals surface area (Å²) >= 11 is 3.94. The van der Waals surface area contributed by atoms with E-state index in [1.807, 2.05) is 6.92 Å². The van der Waals surface area contributed by atoms with Crippen molar-refractivity contribution in [3.05, 3.63) is 44.5 Å². The average Bonchev–Trinajstić information content (AvgIpc) is 3.40. The summed E-state index contributed by atoms with van der Waals surface area (Å²) in [6, 6.07) is -0.913. The molecule has 2 aromatic rings. The Bertz CT molecular complexity index is 1220. The van der Waals surface area contributed by atoms with Crippen LogP contribution in [0.5, 0.6) is 0 Å². The number of aryl methyl sites for hydroxylation is 1. The van der Waals surface area contributed by atoms with Gasteiger partial charge in [0, 0.05) is 16.0 Å². The summed E-state index contributed by atoms with van der Waals surface area (Å²) in [5.74, 6) is -2.04. The van der Waals surface area contributed by atoms with Gasteiger partial charge in [-0.15, -0.1) is 34.4 Å². The smallest absolute Gasteiger partial charge is 0.352 e. The third-order valence-corrected chi connectivity index (χ3v) is 7.74. The maximum atomic E-state index is 12.9. The van der Waals surface area contributed by atoms with Gasteiger partial charge in [-0.1, -0.05) is 11.2 Å². The highest BCUT2D eigenvalue weighted by Crippen LogP contribution is 2.41. The van der Waals surface area contributed by atoms with Gasteiger partial charge in [-0.25, -0.2) is 14.8 Å². The van der Waals surface area contributed by atoms with Gasteiger partial charge in [0.25, 0.3) is 11.8 Å². The van der Waals surface area contributed by atoms with Crippen LogP contribution in [0, 0.1) is 6.92 Å². The molecule has 1 saturated heterocycles. The third kappa shape index (κ3) is 4.36. The molecule has 0 aliphatic carbocycles. The van der Waals surface area contributed by atoms with Crippen molar-refractivity contribution in [1.29, 1.82) is 0 Å². The number of nitrogens with zero attached hydrogens (tertiary/aromatic N) is 4. The number of allylic oxidation sites excluding steroid dienone is 1. The minimum absolute atomic E-state index is 0.0919. The van der Waals surface area contributed by atoms with E-state index in [1.165, 1.54) is 35.1 Å². The number of aromatic nitrogens is 2. The normalized spacial score (nSPS) is 20.6. The predicted molar refractivity (Wildman–Crippen MR) is 126 cm³/mol. The molecule has 2 aliphatic heterocycles. The molecule has 0 saturated carbocycles. The van der Waals surface area contributed by atoms with Gasteiger partial charge in [0.1, 0.15) is 29.9 Å². The maximum absolute atomic E-state index is 12.9. The number of nitrogen functional groups attached to an aromatic ring is 1. The zero-order chi connectivity index (χ0) is 23.7. The molecule has 4 rings (SSSR count). The van der Waals surface area contributed by atoms with Gasteiger partial charge in [-0.2, -0.15) is 0 Å². The minimum atomic E-state index is -1.21. The lowest BCUT2D eigenvalue weighted by atomic mass is 10.0. The Kier molecular flexibility index (Phi) is 6.49. The fraction of sp³-hybridized carbons (Fsp3) is 0.263. The van der Waals surface area contributed by atoms with Crippen molar-refractivity contribution in [1.82, 2.24) is 20.2 Å². The van der Waals surface area contributed by atoms with E-state index < -0.39 is 29.2 Å². The number of nitrogens with two attached hydrogens (primary N) is 1. The van der Waals surface area contributed by atoms with Crippen LogP contribution in [-0.4, -0.2) is 67.7 Å². The van der Waals surface area contributed by atoms with Crippen LogP contribution in [0.2, 0.25) is 0 Å². The molecule has 4 heterocycles. The first-order chi connectivity index (χ1) is 15.8. The molecular formula is C19H18N6O5S3. The highest BCUT2D eigenvalue weighted by atomic mass is 32.2. The molecule has 2 aliphatic rings. The van der Waals surface area contributed by atoms with Crippen LogP contribution in [0.4, 0.5) is 5.13 Å². The average molecular weight is 507 g/mol. The van der Waals surface area contributed by atoms with E-state index >= 15 is 0 Å². The number of anilines is 1. The molecule has 2 atom stereocenters. The fourth-order valence-corrected chi connectivity index (χ4v) is 5.88. The number of carboxylic acid groups (broad SMARTS) is 1. The molecule has 0 bridgehead atoms. The van der Waals surface area contributed by atoms with Gasteiger partial charge >= 0.3 is 5.97 Å². The van der Waals surface area contributed by atoms with Crippen molar-refractivity contribution in [3.63, 3.8) is 0 Å². The SMILES string of the molecule is CON=C(C(=O)N[C@@H]1C(=O)N2C(C(=O)O)=C(C=Cc3scnc3C)CSC12)c1csc(N)n1. The summed E-state index contributed by atoms with van der Waals surface area (Å²) in [4.78, 5) is 52.7. The van der Waals surface area contributed by atoms with Crippen molar-refractivity contribution in [2.45, 2.75) is 18.3 Å². The van der Waals surface area contributed by atoms with Gasteiger partial charge in [-0.3, -0.25) is 14.5 Å². The number of hydrogen-bond donors (Lipinski definition) is 3. The minimum Gasteiger partial charge on any atom is -0.477 e. The molecule has 1 unspecified atom stereocenters. The van der Waals surface area contributed by atoms with Crippen LogP contribution >= 0.6 is 34.4 Å². The van der Waals surface area contributed by atoms with E-state index in [4.69, 9.17) is 10.6 Å². The predicted octanol–water partition coefficient (Wildman–Crippen LogP) is 1.29. The molecule has 11 nitrogen and oxygen atoms in total. The van der Waals surface area contributed by atoms with Crippen LogP contribution in [0.3, 0.4) is 0 Å². The number of thiazole rings is 2. The van der Waals surface area contributed by atoms with E-state index in [-0.39, 0.29) is 22.2 Å². The van der Waals surface area contributed by atoms with E-state index in [0.29, 0.717) is 11.3 Å². The zero-order valence-corrected chi connectivity index (χ0v) is 19.8. The van der Waals surface area contributed by atoms with Crippen LogP contribution in [-0.2, 0) is 19.2 Å². The number of carboxylic acids is 1. The quantitative estimate of drug-likeness (QED) is 0.286. The summed E-state index contributed by atoms with van der Waals surface area (Å²) in [6.45, 7) is 1.86. The Morgan fingerprint density at radius 2 is 2.18 bits per heavy atom. The molecule has 33 heavy (non-hydrogen) atoms. The first kappa shape index (κ1) is 22.9. The van der Waals surface area contributed by atoms with Crippen LogP contribution in [0.25, 0.3) is 6.08 Å². The third-order valence-electron chi connectivity index (χ3n) is 4.87. The number of fused-ring (bicyclic) bond motifs is 1. The first-order valence-corrected chi connectivity index (χ1v) is 12.2. The molecule has 172 valence electrons. The van der Waals surface area contributed by atoms with Crippen LogP contribution in [0.15, 0.2) is 33.4 Å². The second-order valence-corrected chi connectivity index (χ2v) is 9.75. The number of hydrogen-bond acceptors (Lipinski definition) is 11. The first-order valence-electron chi connectivity index (χ1n) is 9.44. The lowest BCUT2D eigenvalue weighted by Gasteiger charge is -2.49. The van der Waals surface area contributed by atoms with E-state index in [9.17, 15) is 19.5 Å². The van der Waals surface area contributed by atoms with Crippen molar-refractivity contribution < 1.29 is 24.3 Å². The molecule has 4 N–H and O–H groups in total. The molecule has 0 aromatic carbocycles. The summed E-state index contributed by atoms with van der Waals surface area (Å²) in [5.41, 5.74) is 8.68. The summed E-state index contributed by atoms with van der Waals surface area (Å²) in [5, 5.41) is 17.4. The molecule has 2 amide bonds. The van der Waals surface area contributed by atoms with Gasteiger partial charge in [0.2, 0.25) is 0 Å². The molecule has 14 heteroatoms. The Labute approximate surface area is 200 Å². The summed E-state index contributed by atoms with van der Waals surface area (Å²) in [7, 11) is 1.28. The number of thioether (sulfide) groups is 1. The number of rotatable bonds is 7. The van der Waals surface area contributed by atoms with Crippen LogP contribution in [0.1, 0.15) is 16.3 Å². The van der Waals surface area contributed by atoms with Gasteiger partial charge in [-0.05, 0) is 18.6 Å². The van der Waals surface area contributed by atoms with Crippen molar-refractivity contribution in [2.75, 3.05) is 18.6 Å². The summed E-state index contributed by atoms with van der Waals surface area (Å²) < 4.78 is 0. The molecular weight excluding hydrogens is 488 g/mol. The topological polar surface area (TPSA) is 160 Å². The highest BCUT2D eigenvalue weighted by molar-refractivity contribution is 8.00. The largest absolute Gasteiger partial charge is 0.477 e. The van der Waals surface area contributed by atoms with Gasteiger partial charge < -0.3 is 21.0 Å².